The monoisotopic (exact) mass is 1510 g/mol. The van der Waals surface area contributed by atoms with Gasteiger partial charge in [-0.05, 0) is 252 Å². The normalized spacial score (nSPS) is 25.5. The van der Waals surface area contributed by atoms with Crippen LogP contribution in [0, 0.1) is 45.1 Å². The number of carbonyl (C=O) groups excluding carboxylic acids is 3. The molecule has 5 fully saturated rings. The predicted molar refractivity (Wildman–Crippen MR) is 413 cm³/mol. The lowest BCUT2D eigenvalue weighted by atomic mass is 9.68. The van der Waals surface area contributed by atoms with E-state index in [1.54, 1.807) is 48.5 Å². The lowest BCUT2D eigenvalue weighted by molar-refractivity contribution is 0.0728. The van der Waals surface area contributed by atoms with Crippen molar-refractivity contribution >= 4 is 75.7 Å². The number of benzene rings is 5. The number of halogens is 7. The number of hydrogen-bond acceptors (Lipinski definition) is 6. The largest absolute Gasteiger partial charge is 0.348 e. The average molecular weight is 1510 g/mol. The van der Waals surface area contributed by atoms with Gasteiger partial charge in [-0.25, -0.2) is 18.1 Å². The van der Waals surface area contributed by atoms with Crippen molar-refractivity contribution in [1.82, 2.24) is 45.3 Å². The van der Waals surface area contributed by atoms with Gasteiger partial charge in [0.2, 0.25) is 0 Å². The maximum Gasteiger partial charge on any atom is 0.272 e. The maximum absolute atomic E-state index is 14.1. The van der Waals surface area contributed by atoms with Crippen LogP contribution in [0.4, 0.5) is 8.78 Å². The Morgan fingerprint density at radius 3 is 1.31 bits per heavy atom. The molecule has 0 spiro atoms. The summed E-state index contributed by atoms with van der Waals surface area (Å²) in [4.78, 5) is 40.9. The van der Waals surface area contributed by atoms with E-state index in [0.717, 1.165) is 153 Å². The fraction of sp³-hybridized carbons (Fsp3) is 0.506. The summed E-state index contributed by atoms with van der Waals surface area (Å²) in [7, 11) is 2.00. The van der Waals surface area contributed by atoms with Gasteiger partial charge in [0.15, 0.2) is 17.1 Å². The van der Waals surface area contributed by atoms with Gasteiger partial charge in [0.1, 0.15) is 11.6 Å². The van der Waals surface area contributed by atoms with Crippen molar-refractivity contribution < 1.29 is 23.2 Å². The maximum atomic E-state index is 14.1. The molecule has 3 amide bonds. The van der Waals surface area contributed by atoms with Crippen LogP contribution in [-0.2, 0) is 45.6 Å². The van der Waals surface area contributed by atoms with Gasteiger partial charge in [0, 0.05) is 80.4 Å². The summed E-state index contributed by atoms with van der Waals surface area (Å²) in [6.07, 6.45) is 24.4. The number of aryl methyl sites for hydroxylation is 1. The minimum Gasteiger partial charge on any atom is -0.348 e. The van der Waals surface area contributed by atoms with Crippen LogP contribution < -0.4 is 16.0 Å². The number of rotatable bonds is 14. The molecule has 550 valence electrons. The van der Waals surface area contributed by atoms with E-state index in [4.69, 9.17) is 73.3 Å². The van der Waals surface area contributed by atoms with Crippen LogP contribution in [0.3, 0.4) is 0 Å². The molecule has 104 heavy (non-hydrogen) atoms. The first-order valence-electron chi connectivity index (χ1n) is 38.1. The lowest BCUT2D eigenvalue weighted by Gasteiger charge is -2.43. The van der Waals surface area contributed by atoms with Crippen LogP contribution in [0.1, 0.15) is 257 Å². The number of fused-ring (bicyclic) bond motifs is 7. The second-order valence-electron chi connectivity index (χ2n) is 33.3. The number of aromatic nitrogens is 6. The van der Waals surface area contributed by atoms with Crippen molar-refractivity contribution in [2.45, 2.75) is 232 Å². The zero-order valence-corrected chi connectivity index (χ0v) is 64.8. The van der Waals surface area contributed by atoms with Crippen LogP contribution in [0.5, 0.6) is 0 Å². The van der Waals surface area contributed by atoms with Crippen molar-refractivity contribution in [2.75, 3.05) is 0 Å². The molecule has 5 aromatic carbocycles. The van der Waals surface area contributed by atoms with E-state index in [1.165, 1.54) is 55.5 Å². The molecule has 0 aliphatic heterocycles. The highest BCUT2D eigenvalue weighted by Gasteiger charge is 2.61. The van der Waals surface area contributed by atoms with Crippen LogP contribution in [0.25, 0.3) is 11.4 Å². The third-order valence-electron chi connectivity index (χ3n) is 25.7. The molecule has 16 rings (SSSR count). The molecule has 8 aromatic rings. The van der Waals surface area contributed by atoms with Crippen molar-refractivity contribution in [3.05, 3.63) is 213 Å². The molecule has 3 heterocycles. The molecule has 0 saturated heterocycles. The average Bonchev–Trinajstić information content (AvgIpc) is 1.58. The van der Waals surface area contributed by atoms with Gasteiger partial charge in [-0.15, -0.1) is 0 Å². The Morgan fingerprint density at radius 2 is 0.894 bits per heavy atom. The summed E-state index contributed by atoms with van der Waals surface area (Å²) in [5.41, 5.74) is 12.9. The third-order valence-corrected chi connectivity index (χ3v) is 27.2. The molecular weight excluding hydrogens is 1410 g/mol. The first-order valence-corrected chi connectivity index (χ1v) is 40.0. The summed E-state index contributed by atoms with van der Waals surface area (Å²) < 4.78 is 33.7. The van der Waals surface area contributed by atoms with Gasteiger partial charge >= 0.3 is 0 Å². The Bertz CT molecular complexity index is 4550. The second-order valence-corrected chi connectivity index (χ2v) is 35.4. The molecule has 3 N–H and O–H groups in total. The molecule has 9 atom stereocenters. The highest BCUT2D eigenvalue weighted by molar-refractivity contribution is 6.36. The summed E-state index contributed by atoms with van der Waals surface area (Å²) in [5.74, 6) is 1.16. The third kappa shape index (κ3) is 14.9. The summed E-state index contributed by atoms with van der Waals surface area (Å²) in [6.45, 7) is 14.0. The first-order chi connectivity index (χ1) is 49.8. The van der Waals surface area contributed by atoms with Crippen molar-refractivity contribution in [3.8, 4) is 11.4 Å². The van der Waals surface area contributed by atoms with E-state index in [9.17, 15) is 23.2 Å². The Hall–Kier alpha value is -6.55. The number of carbonyl (C=O) groups is 3. The molecule has 19 heteroatoms. The summed E-state index contributed by atoms with van der Waals surface area (Å²) in [6, 6.07) is 32.9. The number of nitrogens with one attached hydrogen (secondary N) is 3. The Kier molecular flexibility index (Phi) is 21.6. The molecule has 8 aliphatic carbocycles. The van der Waals surface area contributed by atoms with Crippen LogP contribution in [0.15, 0.2) is 109 Å². The fourth-order valence-electron chi connectivity index (χ4n) is 20.3. The van der Waals surface area contributed by atoms with Crippen LogP contribution in [-0.4, -0.2) is 65.2 Å². The lowest BCUT2D eigenvalue weighted by Crippen LogP contribution is -2.52. The predicted octanol–water partition coefficient (Wildman–Crippen LogP) is 21.0. The Labute approximate surface area is 636 Å². The van der Waals surface area contributed by atoms with Gasteiger partial charge in [-0.3, -0.25) is 19.1 Å². The molecule has 0 radical (unpaired) electrons. The first kappa shape index (κ1) is 74.3. The van der Waals surface area contributed by atoms with E-state index in [2.05, 4.69) is 69.6 Å². The molecule has 12 nitrogen and oxygen atoms in total. The molecule has 8 aliphatic rings. The molecule has 3 aromatic heterocycles. The second kappa shape index (κ2) is 30.2. The van der Waals surface area contributed by atoms with E-state index < -0.39 is 0 Å². The molecular formula is C85H98Cl5F2N9O3. The van der Waals surface area contributed by atoms with Crippen molar-refractivity contribution in [3.63, 3.8) is 0 Å². The zero-order chi connectivity index (χ0) is 73.1. The SMILES string of the molecule is CC12CCC(C1)C(C)(C)[C@H]2NC(=O)c1nn(-c2ccc(Cl)cc2Cl)c2c1CCCCC2Cc1cccc(F)c1.Cn1nc(C(=O)N[C@H]2C3(C)CCC(C3)C2(C)C)c2c1C(Cc1ccccc1Cl)CCCC2.O=C(NC1CCC1)c1nn(-c2ccc(Cl)cc2Cl)c2c1CCCCC2Cc1cccc(F)c1. The van der Waals surface area contributed by atoms with Crippen LogP contribution >= 0.6 is 58.0 Å². The quantitative estimate of drug-likeness (QED) is 0.0926. The van der Waals surface area contributed by atoms with E-state index in [1.807, 2.05) is 57.5 Å². The molecule has 7 unspecified atom stereocenters. The Morgan fingerprint density at radius 1 is 0.462 bits per heavy atom. The summed E-state index contributed by atoms with van der Waals surface area (Å²) >= 11 is 32.2. The standard InChI is InChI=1S/C32H36Cl2FN3O.C27H36ClN3O.C26H26Cl2FN3O/c1-31(2)21-13-14-32(3,18-21)30(31)36-29(39)27-24-10-5-4-8-20(15-19-7-6-9-23(35)16-19)28(24)38(37-27)26-12-11-22(33)17-25(26)34;1-26(2)19-13-14-27(3,16-19)25(26)29-24(32)22-20-11-7-5-10-18(23(20)31(4)30-22)15-17-9-6-8-12-21(17)28;27-18-11-12-23(22(28)15-18)32-25-17(13-16-5-3-7-19(29)14-16)6-1-2-10-21(25)24(31-32)26(33)30-20-8-4-9-20/h6-7,9,11-12,16-17,20-21,30H,4-5,8,10,13-15,18H2,1-3H3,(H,36,39);6,8-9,12,18-19,25H,5,7,10-11,13-16H2,1-4H3,(H,29,32);3,5,7,11-12,14-15,17,20H,1-2,4,6,8-10,13H2,(H,30,33)/t20?,21?,30-,32?;18?,19?,25-,27?;/m11./s1. The Balaban J connectivity index is 0.000000132. The van der Waals surface area contributed by atoms with Gasteiger partial charge in [-0.1, -0.05) is 161 Å². The van der Waals surface area contributed by atoms with Gasteiger partial charge < -0.3 is 16.0 Å². The fourth-order valence-corrected chi connectivity index (χ4v) is 21.4. The molecule has 4 bridgehead atoms. The van der Waals surface area contributed by atoms with Gasteiger partial charge in [0.25, 0.3) is 17.7 Å². The van der Waals surface area contributed by atoms with E-state index in [-0.39, 0.29) is 81.0 Å². The minimum atomic E-state index is -0.240. The zero-order valence-electron chi connectivity index (χ0n) is 61.0. The highest BCUT2D eigenvalue weighted by atomic mass is 35.5. The smallest absolute Gasteiger partial charge is 0.272 e. The van der Waals surface area contributed by atoms with Crippen LogP contribution in [0.2, 0.25) is 25.1 Å². The van der Waals surface area contributed by atoms with Gasteiger partial charge in [0.05, 0.1) is 32.8 Å². The molecule has 5 saturated carbocycles. The topological polar surface area (TPSA) is 141 Å². The van der Waals surface area contributed by atoms with Crippen molar-refractivity contribution in [2.24, 2.45) is 40.5 Å². The number of nitrogens with zero attached hydrogens (tertiary/aromatic N) is 6. The highest BCUT2D eigenvalue weighted by Crippen LogP contribution is 2.64. The minimum absolute atomic E-state index is 0.0205. The number of hydrogen-bond donors (Lipinski definition) is 3. The van der Waals surface area contributed by atoms with Crippen molar-refractivity contribution in [1.29, 1.82) is 0 Å². The summed E-state index contributed by atoms with van der Waals surface area (Å²) in [5, 5.41) is 27.6. The number of amides is 3. The van der Waals surface area contributed by atoms with E-state index >= 15 is 0 Å². The van der Waals surface area contributed by atoms with E-state index in [0.29, 0.717) is 79.1 Å². The van der Waals surface area contributed by atoms with Gasteiger partial charge in [-0.2, -0.15) is 15.3 Å².